The molecule has 0 atom stereocenters. The summed E-state index contributed by atoms with van der Waals surface area (Å²) in [6.07, 6.45) is 37.9. The van der Waals surface area contributed by atoms with Gasteiger partial charge in [0.1, 0.15) is 0 Å². The number of aliphatic hydroxyl groups is 1. The summed E-state index contributed by atoms with van der Waals surface area (Å²) in [5, 5.41) is 16.4. The number of carboxylic acids is 1. The van der Waals surface area contributed by atoms with Crippen LogP contribution in [-0.2, 0) is 4.79 Å². The molecule has 0 spiro atoms. The average Bonchev–Trinajstić information content (AvgIpc) is 2.84. The van der Waals surface area contributed by atoms with E-state index < -0.39 is 5.97 Å². The second kappa shape index (κ2) is 34.3. The van der Waals surface area contributed by atoms with Crippen molar-refractivity contribution in [3.63, 3.8) is 0 Å². The molecule has 0 fully saturated rings. The van der Waals surface area contributed by atoms with E-state index in [2.05, 4.69) is 13.5 Å². The molecule has 0 bridgehead atoms. The van der Waals surface area contributed by atoms with Gasteiger partial charge in [0, 0.05) is 12.7 Å². The van der Waals surface area contributed by atoms with Crippen LogP contribution in [0.5, 0.6) is 0 Å². The van der Waals surface area contributed by atoms with Crippen molar-refractivity contribution in [1.29, 1.82) is 0 Å². The highest BCUT2D eigenvalue weighted by Gasteiger charge is 1.96. The number of aliphatic carboxylic acids is 1. The molecule has 0 radical (unpaired) electrons. The molecule has 0 aliphatic carbocycles. The molecule has 0 heterocycles. The maximum atomic E-state index is 9.25. The molecular weight excluding hydrogens is 420 g/mol. The zero-order valence-corrected chi connectivity index (χ0v) is 23.2. The highest BCUT2D eigenvalue weighted by Crippen LogP contribution is 2.15. The Morgan fingerprint density at radius 1 is 0.500 bits per heavy atom. The van der Waals surface area contributed by atoms with Crippen LogP contribution in [0.1, 0.15) is 174 Å². The number of unbranched alkanes of at least 4 members (excludes halogenated alkanes) is 25. The SMILES string of the molecule is C=CC(=O)O.CCCCCCCCCCCCCCCCCCCCCCCCCCCCO. The standard InChI is InChI=1S/C28H58O.C3H4O2/c1-2-3-4-5-6-7-8-9-10-11-12-13-14-15-16-17-18-19-20-21-22-23-24-25-26-27-28-29;1-2-3(4)5/h29H,2-28H2,1H3;2H,1H2,(H,4,5). The van der Waals surface area contributed by atoms with E-state index in [1.807, 2.05) is 0 Å². The Morgan fingerprint density at radius 2 is 0.676 bits per heavy atom. The van der Waals surface area contributed by atoms with Gasteiger partial charge in [0.15, 0.2) is 0 Å². The van der Waals surface area contributed by atoms with Crippen molar-refractivity contribution in [1.82, 2.24) is 0 Å². The molecule has 0 aliphatic heterocycles. The number of rotatable bonds is 27. The van der Waals surface area contributed by atoms with Gasteiger partial charge >= 0.3 is 5.97 Å². The lowest BCUT2D eigenvalue weighted by Crippen LogP contribution is -1.85. The Bertz CT molecular complexity index is 355. The van der Waals surface area contributed by atoms with E-state index >= 15 is 0 Å². The van der Waals surface area contributed by atoms with E-state index in [-0.39, 0.29) is 0 Å². The quantitative estimate of drug-likeness (QED) is 0.0904. The zero-order chi connectivity index (χ0) is 25.4. The minimum absolute atomic E-state index is 0.374. The van der Waals surface area contributed by atoms with Crippen molar-refractivity contribution in [2.75, 3.05) is 6.61 Å². The molecule has 0 aromatic carbocycles. The fourth-order valence-corrected chi connectivity index (χ4v) is 4.43. The first kappa shape index (κ1) is 35.3. The Balaban J connectivity index is 0. The zero-order valence-electron chi connectivity index (χ0n) is 23.2. The number of carbonyl (C=O) groups is 1. The highest BCUT2D eigenvalue weighted by molar-refractivity contribution is 5.78. The van der Waals surface area contributed by atoms with Gasteiger partial charge in [-0.2, -0.15) is 0 Å². The fraction of sp³-hybridized carbons (Fsp3) is 0.903. The van der Waals surface area contributed by atoms with Crippen LogP contribution in [0.3, 0.4) is 0 Å². The normalized spacial score (nSPS) is 10.6. The molecule has 34 heavy (non-hydrogen) atoms. The number of hydrogen-bond acceptors (Lipinski definition) is 2. The van der Waals surface area contributed by atoms with Crippen molar-refractivity contribution >= 4 is 5.97 Å². The maximum absolute atomic E-state index is 9.25. The monoisotopic (exact) mass is 482 g/mol. The molecule has 3 heteroatoms. The van der Waals surface area contributed by atoms with Crippen LogP contribution in [0.2, 0.25) is 0 Å². The van der Waals surface area contributed by atoms with Crippen LogP contribution in [0.4, 0.5) is 0 Å². The summed E-state index contributed by atoms with van der Waals surface area (Å²) >= 11 is 0. The molecule has 0 saturated carbocycles. The maximum Gasteiger partial charge on any atom is 0.327 e. The third-order valence-electron chi connectivity index (χ3n) is 6.69. The second-order valence-electron chi connectivity index (χ2n) is 10.1. The number of carboxylic acid groups (broad SMARTS) is 1. The van der Waals surface area contributed by atoms with Gasteiger partial charge in [0.2, 0.25) is 0 Å². The molecule has 0 amide bonds. The van der Waals surface area contributed by atoms with Gasteiger partial charge in [-0.15, -0.1) is 0 Å². The molecule has 0 rings (SSSR count). The molecule has 0 aliphatic rings. The third-order valence-corrected chi connectivity index (χ3v) is 6.69. The van der Waals surface area contributed by atoms with Gasteiger partial charge < -0.3 is 10.2 Å². The van der Waals surface area contributed by atoms with Gasteiger partial charge in [-0.05, 0) is 6.42 Å². The first-order valence-corrected chi connectivity index (χ1v) is 15.1. The lowest BCUT2D eigenvalue weighted by Gasteiger charge is -2.04. The van der Waals surface area contributed by atoms with Crippen molar-refractivity contribution < 1.29 is 15.0 Å². The van der Waals surface area contributed by atoms with Crippen LogP contribution in [0, 0.1) is 0 Å². The van der Waals surface area contributed by atoms with Crippen LogP contribution in [-0.4, -0.2) is 22.8 Å². The molecular formula is C31H62O3. The summed E-state index contributed by atoms with van der Waals surface area (Å²) in [6, 6.07) is 0. The van der Waals surface area contributed by atoms with Gasteiger partial charge in [0.25, 0.3) is 0 Å². The number of hydrogen-bond donors (Lipinski definition) is 2. The predicted octanol–water partition coefficient (Wildman–Crippen LogP) is 10.4. The predicted molar refractivity (Wildman–Crippen MR) is 151 cm³/mol. The van der Waals surface area contributed by atoms with Crippen molar-refractivity contribution in [2.45, 2.75) is 174 Å². The first-order chi connectivity index (χ1) is 16.7. The first-order valence-electron chi connectivity index (χ1n) is 15.1. The molecule has 204 valence electrons. The van der Waals surface area contributed by atoms with E-state index in [4.69, 9.17) is 10.2 Å². The van der Waals surface area contributed by atoms with Crippen molar-refractivity contribution in [3.05, 3.63) is 12.7 Å². The second-order valence-corrected chi connectivity index (χ2v) is 10.1. The van der Waals surface area contributed by atoms with E-state index in [1.54, 1.807) is 0 Å². The molecule has 2 N–H and O–H groups in total. The molecule has 0 aromatic rings. The largest absolute Gasteiger partial charge is 0.478 e. The minimum Gasteiger partial charge on any atom is -0.478 e. The molecule has 3 nitrogen and oxygen atoms in total. The van der Waals surface area contributed by atoms with E-state index in [0.717, 1.165) is 12.5 Å². The molecule has 0 saturated heterocycles. The summed E-state index contributed by atoms with van der Waals surface area (Å²) in [4.78, 5) is 9.25. The Labute approximate surface area is 214 Å². The average molecular weight is 483 g/mol. The topological polar surface area (TPSA) is 57.5 Å². The number of aliphatic hydroxyl groups excluding tert-OH is 1. The summed E-state index contributed by atoms with van der Waals surface area (Å²) in [7, 11) is 0. The van der Waals surface area contributed by atoms with Gasteiger partial charge in [-0.3, -0.25) is 0 Å². The lowest BCUT2D eigenvalue weighted by atomic mass is 10.0. The van der Waals surface area contributed by atoms with Crippen molar-refractivity contribution in [2.24, 2.45) is 0 Å². The smallest absolute Gasteiger partial charge is 0.327 e. The lowest BCUT2D eigenvalue weighted by molar-refractivity contribution is -0.131. The Morgan fingerprint density at radius 3 is 0.824 bits per heavy atom. The summed E-state index contributed by atoms with van der Waals surface area (Å²) in [6.45, 7) is 5.64. The van der Waals surface area contributed by atoms with Gasteiger partial charge in [-0.1, -0.05) is 174 Å². The van der Waals surface area contributed by atoms with Crippen molar-refractivity contribution in [3.8, 4) is 0 Å². The fourth-order valence-electron chi connectivity index (χ4n) is 4.43. The summed E-state index contributed by atoms with van der Waals surface area (Å²) < 4.78 is 0. The van der Waals surface area contributed by atoms with E-state index in [9.17, 15) is 4.79 Å². The van der Waals surface area contributed by atoms with Gasteiger partial charge in [0.05, 0.1) is 0 Å². The molecule has 0 aromatic heterocycles. The Hall–Kier alpha value is -0.830. The van der Waals surface area contributed by atoms with Crippen LogP contribution < -0.4 is 0 Å². The van der Waals surface area contributed by atoms with E-state index in [1.165, 1.54) is 161 Å². The summed E-state index contributed by atoms with van der Waals surface area (Å²) in [5.74, 6) is -0.981. The summed E-state index contributed by atoms with van der Waals surface area (Å²) in [5.41, 5.74) is 0. The van der Waals surface area contributed by atoms with Crippen LogP contribution in [0.25, 0.3) is 0 Å². The molecule has 0 unspecified atom stereocenters. The van der Waals surface area contributed by atoms with Gasteiger partial charge in [-0.25, -0.2) is 4.79 Å². The van der Waals surface area contributed by atoms with E-state index in [0.29, 0.717) is 6.61 Å². The van der Waals surface area contributed by atoms with Crippen LogP contribution >= 0.6 is 0 Å². The third kappa shape index (κ3) is 38.4. The minimum atomic E-state index is -0.981. The Kier molecular flexibility index (Phi) is 35.7. The highest BCUT2D eigenvalue weighted by atomic mass is 16.4. The van der Waals surface area contributed by atoms with Crippen LogP contribution in [0.15, 0.2) is 12.7 Å².